The molecular weight excluding hydrogens is 268 g/mol. The van der Waals surface area contributed by atoms with E-state index in [0.29, 0.717) is 0 Å². The third kappa shape index (κ3) is 3.83. The van der Waals surface area contributed by atoms with E-state index < -0.39 is 0 Å². The summed E-state index contributed by atoms with van der Waals surface area (Å²) in [7, 11) is 0. The molecule has 0 aromatic heterocycles. The number of benzene rings is 3. The van der Waals surface area contributed by atoms with E-state index in [9.17, 15) is 0 Å². The van der Waals surface area contributed by atoms with Crippen molar-refractivity contribution < 1.29 is 0 Å². The first-order valence-corrected chi connectivity index (χ1v) is 7.32. The summed E-state index contributed by atoms with van der Waals surface area (Å²) in [5, 5.41) is 3.36. The average Bonchev–Trinajstić information content (AvgIpc) is 2.55. The Labute approximate surface area is 131 Å². The molecule has 0 radical (unpaired) electrons. The predicted molar refractivity (Wildman–Crippen MR) is 94.6 cm³/mol. The van der Waals surface area contributed by atoms with Gasteiger partial charge in [-0.15, -0.1) is 0 Å². The summed E-state index contributed by atoms with van der Waals surface area (Å²) in [6.45, 7) is 2.08. The quantitative estimate of drug-likeness (QED) is 0.630. The van der Waals surface area contributed by atoms with E-state index in [1.165, 1.54) is 5.56 Å². The number of nitrogens with one attached hydrogen (secondary N) is 1. The molecule has 0 spiro atoms. The van der Waals surface area contributed by atoms with E-state index in [-0.39, 0.29) is 0 Å². The minimum absolute atomic E-state index is 0.945. The van der Waals surface area contributed by atoms with Crippen molar-refractivity contribution in [2.45, 2.75) is 6.92 Å². The van der Waals surface area contributed by atoms with Gasteiger partial charge in [-0.3, -0.25) is 4.99 Å². The summed E-state index contributed by atoms with van der Waals surface area (Å²) >= 11 is 0. The van der Waals surface area contributed by atoms with E-state index >= 15 is 0 Å². The van der Waals surface area contributed by atoms with Crippen LogP contribution in [0.25, 0.3) is 0 Å². The van der Waals surface area contributed by atoms with Gasteiger partial charge in [0.25, 0.3) is 0 Å². The van der Waals surface area contributed by atoms with Crippen LogP contribution in [0.15, 0.2) is 83.9 Å². The number of hydrogen-bond donors (Lipinski definition) is 1. The van der Waals surface area contributed by atoms with Gasteiger partial charge < -0.3 is 5.32 Å². The van der Waals surface area contributed by atoms with Gasteiger partial charge in [0.05, 0.1) is 5.69 Å². The Morgan fingerprint density at radius 2 is 1.50 bits per heavy atom. The lowest BCUT2D eigenvalue weighted by atomic mass is 10.1. The standard InChI is InChI=1S/C20H18N2/c1-16-6-5-7-17(14-16)15-21-18-10-12-20(13-11-18)22-19-8-3-2-4-9-19/h2-15,22H,1H3. The van der Waals surface area contributed by atoms with Crippen LogP contribution in [0.2, 0.25) is 0 Å². The smallest absolute Gasteiger partial charge is 0.0631 e. The maximum absolute atomic E-state index is 4.51. The highest BCUT2D eigenvalue weighted by molar-refractivity contribution is 5.82. The zero-order valence-corrected chi connectivity index (χ0v) is 12.5. The van der Waals surface area contributed by atoms with Gasteiger partial charge in [-0.2, -0.15) is 0 Å². The van der Waals surface area contributed by atoms with Crippen LogP contribution in [0.4, 0.5) is 17.1 Å². The highest BCUT2D eigenvalue weighted by Crippen LogP contribution is 2.20. The molecule has 3 aromatic rings. The van der Waals surface area contributed by atoms with E-state index in [4.69, 9.17) is 0 Å². The van der Waals surface area contributed by atoms with E-state index in [1.54, 1.807) is 0 Å². The summed E-state index contributed by atoms with van der Waals surface area (Å²) in [6.07, 6.45) is 1.90. The Balaban J connectivity index is 1.69. The van der Waals surface area contributed by atoms with E-state index in [1.807, 2.05) is 66.9 Å². The number of aliphatic imine (C=N–C) groups is 1. The summed E-state index contributed by atoms with van der Waals surface area (Å²) < 4.78 is 0. The third-order valence-corrected chi connectivity index (χ3v) is 3.33. The van der Waals surface area contributed by atoms with Gasteiger partial charge in [-0.25, -0.2) is 0 Å². The number of hydrogen-bond acceptors (Lipinski definition) is 2. The van der Waals surface area contributed by atoms with Crippen LogP contribution in [-0.2, 0) is 0 Å². The van der Waals surface area contributed by atoms with Crippen LogP contribution in [0.1, 0.15) is 11.1 Å². The lowest BCUT2D eigenvalue weighted by molar-refractivity contribution is 1.45. The lowest BCUT2D eigenvalue weighted by Crippen LogP contribution is -1.88. The van der Waals surface area contributed by atoms with Crippen LogP contribution in [0, 0.1) is 6.92 Å². The molecule has 0 heterocycles. The van der Waals surface area contributed by atoms with Crippen molar-refractivity contribution in [2.75, 3.05) is 5.32 Å². The number of rotatable bonds is 4. The first-order chi connectivity index (χ1) is 10.8. The molecule has 2 heteroatoms. The Kier molecular flexibility index (Phi) is 4.30. The molecule has 0 unspecified atom stereocenters. The second-order valence-electron chi connectivity index (χ2n) is 5.21. The Hall–Kier alpha value is -2.87. The minimum Gasteiger partial charge on any atom is -0.356 e. The number of nitrogens with zero attached hydrogens (tertiary/aromatic N) is 1. The second kappa shape index (κ2) is 6.72. The van der Waals surface area contributed by atoms with Crippen molar-refractivity contribution in [3.8, 4) is 0 Å². The van der Waals surface area contributed by atoms with Gasteiger partial charge in [0.1, 0.15) is 0 Å². The molecule has 0 atom stereocenters. The summed E-state index contributed by atoms with van der Waals surface area (Å²) in [5.74, 6) is 0. The first-order valence-electron chi connectivity index (χ1n) is 7.32. The van der Waals surface area contributed by atoms with Crippen LogP contribution in [0.3, 0.4) is 0 Å². The van der Waals surface area contributed by atoms with Crippen molar-refractivity contribution >= 4 is 23.3 Å². The topological polar surface area (TPSA) is 24.4 Å². The summed E-state index contributed by atoms with van der Waals surface area (Å²) in [6, 6.07) is 26.5. The van der Waals surface area contributed by atoms with Crippen LogP contribution < -0.4 is 5.32 Å². The Morgan fingerprint density at radius 1 is 0.773 bits per heavy atom. The third-order valence-electron chi connectivity index (χ3n) is 3.33. The number of aryl methyl sites for hydroxylation is 1. The fraction of sp³-hybridized carbons (Fsp3) is 0.0500. The van der Waals surface area contributed by atoms with Gasteiger partial charge in [-0.1, -0.05) is 48.0 Å². The molecule has 3 aromatic carbocycles. The first kappa shape index (κ1) is 14.1. The van der Waals surface area contributed by atoms with E-state index in [0.717, 1.165) is 22.6 Å². The fourth-order valence-corrected chi connectivity index (χ4v) is 2.22. The van der Waals surface area contributed by atoms with E-state index in [2.05, 4.69) is 35.4 Å². The molecule has 2 nitrogen and oxygen atoms in total. The minimum atomic E-state index is 0.945. The molecule has 0 amide bonds. The molecule has 3 rings (SSSR count). The van der Waals surface area contributed by atoms with Gasteiger partial charge in [0.2, 0.25) is 0 Å². The average molecular weight is 286 g/mol. The number of anilines is 2. The molecule has 108 valence electrons. The maximum Gasteiger partial charge on any atom is 0.0631 e. The molecule has 0 fully saturated rings. The SMILES string of the molecule is Cc1cccc(C=Nc2ccc(Nc3ccccc3)cc2)c1. The molecule has 1 N–H and O–H groups in total. The maximum atomic E-state index is 4.51. The van der Waals surface area contributed by atoms with Crippen LogP contribution in [-0.4, -0.2) is 6.21 Å². The zero-order chi connectivity index (χ0) is 15.2. The molecule has 22 heavy (non-hydrogen) atoms. The zero-order valence-electron chi connectivity index (χ0n) is 12.5. The van der Waals surface area contributed by atoms with Crippen LogP contribution in [0.5, 0.6) is 0 Å². The molecule has 0 aliphatic carbocycles. The van der Waals surface area contributed by atoms with Gasteiger partial charge >= 0.3 is 0 Å². The molecule has 0 aliphatic rings. The molecule has 0 aliphatic heterocycles. The van der Waals surface area contributed by atoms with Crippen molar-refractivity contribution in [3.63, 3.8) is 0 Å². The molecule has 0 saturated carbocycles. The largest absolute Gasteiger partial charge is 0.356 e. The van der Waals surface area contributed by atoms with Crippen LogP contribution >= 0.6 is 0 Å². The summed E-state index contributed by atoms with van der Waals surface area (Å²) in [5.41, 5.74) is 5.44. The van der Waals surface area contributed by atoms with Crippen molar-refractivity contribution in [1.29, 1.82) is 0 Å². The van der Waals surface area contributed by atoms with Crippen molar-refractivity contribution in [3.05, 3.63) is 90.0 Å². The van der Waals surface area contributed by atoms with Gasteiger partial charge in [0.15, 0.2) is 0 Å². The Bertz CT molecular complexity index is 759. The summed E-state index contributed by atoms with van der Waals surface area (Å²) in [4.78, 5) is 4.51. The fourth-order valence-electron chi connectivity index (χ4n) is 2.22. The molecular formula is C20H18N2. The Morgan fingerprint density at radius 3 is 2.23 bits per heavy atom. The lowest BCUT2D eigenvalue weighted by Gasteiger charge is -2.06. The second-order valence-corrected chi connectivity index (χ2v) is 5.21. The molecule has 0 bridgehead atoms. The number of para-hydroxylation sites is 1. The van der Waals surface area contributed by atoms with Crippen molar-refractivity contribution in [1.82, 2.24) is 0 Å². The molecule has 0 saturated heterocycles. The van der Waals surface area contributed by atoms with Crippen molar-refractivity contribution in [2.24, 2.45) is 4.99 Å². The van der Waals surface area contributed by atoms with Gasteiger partial charge in [-0.05, 0) is 48.9 Å². The highest BCUT2D eigenvalue weighted by atomic mass is 14.9. The predicted octanol–water partition coefficient (Wildman–Crippen LogP) is 5.49. The highest BCUT2D eigenvalue weighted by Gasteiger charge is 1.94. The van der Waals surface area contributed by atoms with Gasteiger partial charge in [0, 0.05) is 17.6 Å². The normalized spacial score (nSPS) is 10.8. The monoisotopic (exact) mass is 286 g/mol.